The number of carbonyl (C=O) groups excluding carboxylic acids is 2. The number of para-hydroxylation sites is 1. The normalized spacial score (nSPS) is 15.6. The van der Waals surface area contributed by atoms with Crippen LogP contribution in [0.4, 0.5) is 4.79 Å². The van der Waals surface area contributed by atoms with Crippen LogP contribution in [0.3, 0.4) is 0 Å². The fraction of sp³-hybridized carbons (Fsp3) is 0.385. The van der Waals surface area contributed by atoms with E-state index in [4.69, 9.17) is 4.74 Å². The molecule has 0 bridgehead atoms. The summed E-state index contributed by atoms with van der Waals surface area (Å²) >= 11 is 0. The Bertz CT molecular complexity index is 429. The van der Waals surface area contributed by atoms with Crippen LogP contribution in [0.1, 0.15) is 19.8 Å². The van der Waals surface area contributed by atoms with Crippen molar-refractivity contribution in [3.05, 3.63) is 30.3 Å². The highest BCUT2D eigenvalue weighted by molar-refractivity contribution is 5.86. The summed E-state index contributed by atoms with van der Waals surface area (Å²) in [5.41, 5.74) is 0. The smallest absolute Gasteiger partial charge is 0.410 e. The number of benzene rings is 1. The summed E-state index contributed by atoms with van der Waals surface area (Å²) in [5, 5.41) is 5.30. The Morgan fingerprint density at radius 1 is 1.28 bits per heavy atom. The van der Waals surface area contributed by atoms with E-state index in [2.05, 4.69) is 10.6 Å². The van der Waals surface area contributed by atoms with Gasteiger partial charge in [-0.3, -0.25) is 4.79 Å². The van der Waals surface area contributed by atoms with Gasteiger partial charge >= 0.3 is 6.09 Å². The Balaban J connectivity index is 1.77. The summed E-state index contributed by atoms with van der Waals surface area (Å²) in [4.78, 5) is 23.1. The van der Waals surface area contributed by atoms with E-state index in [1.165, 1.54) is 0 Å². The predicted octanol–water partition coefficient (Wildman–Crippen LogP) is 1.44. The Labute approximate surface area is 106 Å². The van der Waals surface area contributed by atoms with Gasteiger partial charge in [-0.2, -0.15) is 0 Å². The van der Waals surface area contributed by atoms with Crippen molar-refractivity contribution in [1.29, 1.82) is 0 Å². The molecule has 2 rings (SSSR count). The molecule has 0 aliphatic heterocycles. The van der Waals surface area contributed by atoms with E-state index in [0.717, 1.165) is 12.8 Å². The number of ether oxygens (including phenoxy) is 1. The van der Waals surface area contributed by atoms with Gasteiger partial charge in [0.15, 0.2) is 0 Å². The van der Waals surface area contributed by atoms with E-state index in [0.29, 0.717) is 5.75 Å². The van der Waals surface area contributed by atoms with Gasteiger partial charge in [-0.25, -0.2) is 4.79 Å². The largest absolute Gasteiger partial charge is 0.413 e. The van der Waals surface area contributed by atoms with Gasteiger partial charge in [-0.15, -0.1) is 0 Å². The van der Waals surface area contributed by atoms with Crippen LogP contribution < -0.4 is 15.4 Å². The van der Waals surface area contributed by atoms with Crippen LogP contribution in [0.15, 0.2) is 30.3 Å². The molecule has 1 aromatic carbocycles. The number of hydrogen-bond donors (Lipinski definition) is 2. The molecule has 0 aromatic heterocycles. The second kappa shape index (κ2) is 5.53. The molecular formula is C13H16N2O3. The van der Waals surface area contributed by atoms with Crippen molar-refractivity contribution in [2.45, 2.75) is 31.8 Å². The van der Waals surface area contributed by atoms with Crippen LogP contribution in [-0.2, 0) is 4.79 Å². The maximum atomic E-state index is 11.6. The standard InChI is InChI=1S/C13H16N2O3/c1-9(12(16)15-10-7-8-10)14-13(17)18-11-5-3-2-4-6-11/h2-6,9-10H,7-8H2,1H3,(H,14,17)(H,15,16). The van der Waals surface area contributed by atoms with Crippen LogP contribution in [0, 0.1) is 0 Å². The fourth-order valence-electron chi connectivity index (χ4n) is 1.42. The Morgan fingerprint density at radius 2 is 1.94 bits per heavy atom. The number of hydrogen-bond acceptors (Lipinski definition) is 3. The van der Waals surface area contributed by atoms with E-state index in [9.17, 15) is 9.59 Å². The van der Waals surface area contributed by atoms with Crippen molar-refractivity contribution in [2.24, 2.45) is 0 Å². The Kier molecular flexibility index (Phi) is 3.82. The molecule has 96 valence electrons. The lowest BCUT2D eigenvalue weighted by Crippen LogP contribution is -2.46. The summed E-state index contributed by atoms with van der Waals surface area (Å²) < 4.78 is 5.03. The zero-order valence-corrected chi connectivity index (χ0v) is 10.2. The molecule has 1 unspecified atom stereocenters. The lowest BCUT2D eigenvalue weighted by molar-refractivity contribution is -0.122. The van der Waals surface area contributed by atoms with E-state index in [1.54, 1.807) is 31.2 Å². The summed E-state index contributed by atoms with van der Waals surface area (Å²) in [7, 11) is 0. The number of rotatable bonds is 4. The third-order valence-electron chi connectivity index (χ3n) is 2.61. The third kappa shape index (κ3) is 3.76. The number of amides is 2. The van der Waals surface area contributed by atoms with E-state index >= 15 is 0 Å². The van der Waals surface area contributed by atoms with Crippen molar-refractivity contribution in [1.82, 2.24) is 10.6 Å². The van der Waals surface area contributed by atoms with E-state index in [1.807, 2.05) is 6.07 Å². The van der Waals surface area contributed by atoms with Crippen LogP contribution in [-0.4, -0.2) is 24.1 Å². The first-order valence-electron chi connectivity index (χ1n) is 5.99. The van der Waals surface area contributed by atoms with Gasteiger partial charge in [0.2, 0.25) is 5.91 Å². The molecule has 1 saturated carbocycles. The Hall–Kier alpha value is -2.04. The van der Waals surface area contributed by atoms with Gasteiger partial charge in [0.05, 0.1) is 0 Å². The molecule has 0 heterocycles. The molecule has 0 spiro atoms. The highest BCUT2D eigenvalue weighted by Crippen LogP contribution is 2.18. The van der Waals surface area contributed by atoms with Gasteiger partial charge < -0.3 is 15.4 Å². The van der Waals surface area contributed by atoms with Crippen molar-refractivity contribution in [3.8, 4) is 5.75 Å². The molecule has 5 nitrogen and oxygen atoms in total. The summed E-state index contributed by atoms with van der Waals surface area (Å²) in [6, 6.07) is 8.41. The van der Waals surface area contributed by atoms with Crippen molar-refractivity contribution in [3.63, 3.8) is 0 Å². The molecule has 1 aliphatic rings. The minimum Gasteiger partial charge on any atom is -0.410 e. The highest BCUT2D eigenvalue weighted by Gasteiger charge is 2.26. The molecule has 1 aliphatic carbocycles. The molecule has 0 saturated heterocycles. The van der Waals surface area contributed by atoms with Gasteiger partial charge in [0.1, 0.15) is 11.8 Å². The molecule has 2 N–H and O–H groups in total. The van der Waals surface area contributed by atoms with Crippen molar-refractivity contribution in [2.75, 3.05) is 0 Å². The molecule has 1 atom stereocenters. The molecule has 5 heteroatoms. The Morgan fingerprint density at radius 3 is 2.56 bits per heavy atom. The first kappa shape index (κ1) is 12.4. The molecule has 2 amide bonds. The minimum atomic E-state index is -0.625. The maximum absolute atomic E-state index is 11.6. The monoisotopic (exact) mass is 248 g/mol. The topological polar surface area (TPSA) is 67.4 Å². The average molecular weight is 248 g/mol. The van der Waals surface area contributed by atoms with Crippen molar-refractivity contribution < 1.29 is 14.3 Å². The molecule has 1 fully saturated rings. The molecule has 1 aromatic rings. The minimum absolute atomic E-state index is 0.178. The van der Waals surface area contributed by atoms with Crippen LogP contribution >= 0.6 is 0 Å². The third-order valence-corrected chi connectivity index (χ3v) is 2.61. The van der Waals surface area contributed by atoms with Crippen LogP contribution in [0.25, 0.3) is 0 Å². The van der Waals surface area contributed by atoms with E-state index < -0.39 is 12.1 Å². The van der Waals surface area contributed by atoms with Gasteiger partial charge in [0.25, 0.3) is 0 Å². The quantitative estimate of drug-likeness (QED) is 0.847. The van der Waals surface area contributed by atoms with Gasteiger partial charge in [-0.1, -0.05) is 18.2 Å². The first-order valence-corrected chi connectivity index (χ1v) is 5.99. The second-order valence-electron chi connectivity index (χ2n) is 4.35. The van der Waals surface area contributed by atoms with E-state index in [-0.39, 0.29) is 11.9 Å². The molecule has 18 heavy (non-hydrogen) atoms. The predicted molar refractivity (Wildman–Crippen MR) is 66.2 cm³/mol. The highest BCUT2D eigenvalue weighted by atomic mass is 16.6. The summed E-state index contributed by atoms with van der Waals surface area (Å²) in [6.45, 7) is 1.63. The maximum Gasteiger partial charge on any atom is 0.413 e. The first-order chi connectivity index (χ1) is 8.65. The van der Waals surface area contributed by atoms with Crippen LogP contribution in [0.5, 0.6) is 5.75 Å². The number of nitrogens with one attached hydrogen (secondary N) is 2. The molecular weight excluding hydrogens is 232 g/mol. The number of carbonyl (C=O) groups is 2. The van der Waals surface area contributed by atoms with Crippen LogP contribution in [0.2, 0.25) is 0 Å². The zero-order chi connectivity index (χ0) is 13.0. The lowest BCUT2D eigenvalue weighted by Gasteiger charge is -2.13. The van der Waals surface area contributed by atoms with Crippen molar-refractivity contribution >= 4 is 12.0 Å². The second-order valence-corrected chi connectivity index (χ2v) is 4.35. The fourth-order valence-corrected chi connectivity index (χ4v) is 1.42. The summed E-state index contributed by atoms with van der Waals surface area (Å²) in [5.74, 6) is 0.271. The lowest BCUT2D eigenvalue weighted by atomic mass is 10.3. The van der Waals surface area contributed by atoms with Gasteiger partial charge in [0, 0.05) is 6.04 Å². The zero-order valence-electron chi connectivity index (χ0n) is 10.2. The van der Waals surface area contributed by atoms with Gasteiger partial charge in [-0.05, 0) is 31.9 Å². The average Bonchev–Trinajstić information content (AvgIpc) is 3.14. The summed E-state index contributed by atoms with van der Waals surface area (Å²) in [6.07, 6.45) is 1.42. The SMILES string of the molecule is CC(NC(=O)Oc1ccccc1)C(=O)NC1CC1. The molecule has 0 radical (unpaired) electrons.